The topological polar surface area (TPSA) is 111 Å². The average molecular weight is 216 g/mol. The number of aromatic nitrogens is 1. The summed E-state index contributed by atoms with van der Waals surface area (Å²) in [4.78, 5) is 13.3. The van der Waals surface area contributed by atoms with E-state index in [-0.39, 0.29) is 11.4 Å². The molecule has 0 fully saturated rings. The van der Waals surface area contributed by atoms with Gasteiger partial charge in [0.05, 0.1) is 0 Å². The minimum absolute atomic E-state index is 0.0463. The van der Waals surface area contributed by atoms with Crippen LogP contribution in [-0.2, 0) is 5.75 Å². The molecule has 2 N–H and O–H groups in total. The van der Waals surface area contributed by atoms with Crippen molar-refractivity contribution in [3.05, 3.63) is 27.9 Å². The Morgan fingerprint density at radius 2 is 2.43 bits per heavy atom. The molecule has 14 heavy (non-hydrogen) atoms. The number of nitrogens with one attached hydrogen (secondary N) is 1. The van der Waals surface area contributed by atoms with Crippen LogP contribution < -0.4 is 4.72 Å². The second-order valence-corrected chi connectivity index (χ2v) is 4.59. The maximum absolute atomic E-state index is 11.2. The molecule has 2 rings (SSSR count). The molecule has 0 aliphatic carbocycles. The van der Waals surface area contributed by atoms with E-state index in [4.69, 9.17) is 0 Å². The molecule has 76 valence electrons. The van der Waals surface area contributed by atoms with E-state index in [1.54, 1.807) is 0 Å². The molecule has 0 saturated carbocycles. The predicted octanol–water partition coefficient (Wildman–Crippen LogP) is 1.24. The van der Waals surface area contributed by atoms with Gasteiger partial charge in [0.25, 0.3) is 0 Å². The number of anilines is 1. The summed E-state index contributed by atoms with van der Waals surface area (Å²) in [6.45, 7) is 0. The van der Waals surface area contributed by atoms with Crippen molar-refractivity contribution in [3.8, 4) is 0 Å². The minimum atomic E-state index is -3.21. The monoisotopic (exact) mass is 216 g/mol. The van der Waals surface area contributed by atoms with Crippen LogP contribution in [0.3, 0.4) is 0 Å². The first kappa shape index (κ1) is 9.19. The van der Waals surface area contributed by atoms with Gasteiger partial charge in [0, 0.05) is 11.3 Å². The second kappa shape index (κ2) is 2.80. The maximum atomic E-state index is 11.2. The van der Waals surface area contributed by atoms with Crippen LogP contribution in [0, 0.1) is 10.1 Å². The maximum Gasteiger partial charge on any atom is 0.388 e. The lowest BCUT2D eigenvalue weighted by Crippen LogP contribution is -2.04. The van der Waals surface area contributed by atoms with Gasteiger partial charge in [-0.3, -0.25) is 10.8 Å². The van der Waals surface area contributed by atoms with Gasteiger partial charge in [-0.15, -0.1) is 0 Å². The molecule has 1 aromatic rings. The van der Waals surface area contributed by atoms with Crippen molar-refractivity contribution in [2.75, 3.05) is 4.72 Å². The average Bonchev–Trinajstić information content (AvgIpc) is 2.36. The lowest BCUT2D eigenvalue weighted by molar-refractivity contribution is -0.388. The standard InChI is InChI=1S/C6H7N3O4S/c10-9(11)6-5-4(1-2-7-6)3-14(12,13)8-5/h1-2,8,12-13H,3H2/p-1. The SMILES string of the molecule is O=[N+]([O-])c1nccc2c1NS([O-])(O)C2. The first-order valence-electron chi connectivity index (χ1n) is 3.64. The van der Waals surface area contributed by atoms with E-state index in [9.17, 15) is 19.2 Å². The van der Waals surface area contributed by atoms with Crippen molar-refractivity contribution < 1.29 is 14.0 Å². The van der Waals surface area contributed by atoms with E-state index in [0.717, 1.165) is 0 Å². The third-order valence-electron chi connectivity index (χ3n) is 1.80. The Balaban J connectivity index is 2.52. The number of nitro groups is 1. The molecular weight excluding hydrogens is 210 g/mol. The number of hydrogen-bond acceptors (Lipinski definition) is 6. The van der Waals surface area contributed by atoms with Gasteiger partial charge < -0.3 is 23.9 Å². The highest BCUT2D eigenvalue weighted by molar-refractivity contribution is 8.25. The fourth-order valence-electron chi connectivity index (χ4n) is 1.27. The molecule has 7 nitrogen and oxygen atoms in total. The Labute approximate surface area is 80.4 Å². The van der Waals surface area contributed by atoms with Crippen molar-refractivity contribution in [2.45, 2.75) is 5.75 Å². The van der Waals surface area contributed by atoms with Gasteiger partial charge in [0.1, 0.15) is 6.20 Å². The highest BCUT2D eigenvalue weighted by Gasteiger charge is 2.27. The number of fused-ring (bicyclic) bond motifs is 1. The zero-order valence-corrected chi connectivity index (χ0v) is 7.65. The molecule has 1 aromatic heterocycles. The van der Waals surface area contributed by atoms with Crippen LogP contribution in [0.2, 0.25) is 0 Å². The highest BCUT2D eigenvalue weighted by atomic mass is 32.3. The molecule has 1 aliphatic heterocycles. The van der Waals surface area contributed by atoms with Crippen molar-refractivity contribution in [2.24, 2.45) is 0 Å². The van der Waals surface area contributed by atoms with E-state index < -0.39 is 21.5 Å². The lowest BCUT2D eigenvalue weighted by Gasteiger charge is -2.40. The molecule has 0 aromatic carbocycles. The molecule has 1 unspecified atom stereocenters. The van der Waals surface area contributed by atoms with Gasteiger partial charge in [-0.1, -0.05) is 0 Å². The highest BCUT2D eigenvalue weighted by Crippen LogP contribution is 2.52. The van der Waals surface area contributed by atoms with Crippen molar-refractivity contribution >= 4 is 22.3 Å². The van der Waals surface area contributed by atoms with Gasteiger partial charge in [-0.25, -0.2) is 0 Å². The van der Waals surface area contributed by atoms with Crippen LogP contribution in [0.5, 0.6) is 0 Å². The van der Waals surface area contributed by atoms with Crippen molar-refractivity contribution in [3.63, 3.8) is 0 Å². The number of rotatable bonds is 1. The Morgan fingerprint density at radius 1 is 1.71 bits per heavy atom. The van der Waals surface area contributed by atoms with Crippen LogP contribution in [0.15, 0.2) is 12.3 Å². The van der Waals surface area contributed by atoms with E-state index >= 15 is 0 Å². The number of nitrogens with zero attached hydrogens (tertiary/aromatic N) is 2. The van der Waals surface area contributed by atoms with Crippen molar-refractivity contribution in [1.82, 2.24) is 4.98 Å². The Kier molecular flexibility index (Phi) is 1.84. The summed E-state index contributed by atoms with van der Waals surface area (Å²) in [6.07, 6.45) is 1.25. The summed E-state index contributed by atoms with van der Waals surface area (Å²) in [7, 11) is -3.21. The minimum Gasteiger partial charge on any atom is -0.751 e. The Morgan fingerprint density at radius 3 is 3.07 bits per heavy atom. The van der Waals surface area contributed by atoms with Crippen LogP contribution in [0.1, 0.15) is 5.56 Å². The third kappa shape index (κ3) is 1.39. The summed E-state index contributed by atoms with van der Waals surface area (Å²) < 4.78 is 22.6. The molecule has 0 amide bonds. The second-order valence-electron chi connectivity index (χ2n) is 2.81. The number of hydrogen-bond donors (Lipinski definition) is 2. The molecule has 1 atom stereocenters. The summed E-state index contributed by atoms with van der Waals surface area (Å²) in [5.74, 6) is -0.534. The van der Waals surface area contributed by atoms with Crippen LogP contribution in [-0.4, -0.2) is 19.0 Å². The Bertz CT molecular complexity index is 408. The first-order chi connectivity index (χ1) is 6.49. The molecule has 0 spiro atoms. The van der Waals surface area contributed by atoms with Gasteiger partial charge >= 0.3 is 5.82 Å². The summed E-state index contributed by atoms with van der Waals surface area (Å²) in [5, 5.41) is 10.5. The largest absolute Gasteiger partial charge is 0.751 e. The van der Waals surface area contributed by atoms with E-state index in [1.165, 1.54) is 12.3 Å². The molecular formula is C6H6N3O4S-. The van der Waals surface area contributed by atoms with E-state index in [0.29, 0.717) is 5.56 Å². The zero-order valence-electron chi connectivity index (χ0n) is 6.84. The summed E-state index contributed by atoms with van der Waals surface area (Å²) in [5.41, 5.74) is 0.490. The van der Waals surface area contributed by atoms with Gasteiger partial charge in [0.2, 0.25) is 0 Å². The lowest BCUT2D eigenvalue weighted by atomic mass is 10.2. The zero-order chi connectivity index (χ0) is 10.3. The van der Waals surface area contributed by atoms with Crippen LogP contribution in [0.25, 0.3) is 0 Å². The fraction of sp³-hybridized carbons (Fsp3) is 0.167. The summed E-state index contributed by atoms with van der Waals surface area (Å²) >= 11 is 0. The first-order valence-corrected chi connectivity index (χ1v) is 5.32. The number of pyridine rings is 1. The Hall–Kier alpha value is -1.38. The third-order valence-corrected chi connectivity index (χ3v) is 3.03. The predicted molar refractivity (Wildman–Crippen MR) is 49.2 cm³/mol. The summed E-state index contributed by atoms with van der Waals surface area (Å²) in [6, 6.07) is 1.48. The molecule has 2 heterocycles. The molecule has 0 saturated heterocycles. The fourth-order valence-corrected chi connectivity index (χ4v) is 2.54. The van der Waals surface area contributed by atoms with E-state index in [2.05, 4.69) is 9.71 Å². The molecule has 0 radical (unpaired) electrons. The van der Waals surface area contributed by atoms with Gasteiger partial charge in [-0.05, 0) is 16.0 Å². The van der Waals surface area contributed by atoms with Crippen LogP contribution >= 0.6 is 10.8 Å². The molecule has 8 heteroatoms. The van der Waals surface area contributed by atoms with Gasteiger partial charge in [0.15, 0.2) is 5.69 Å². The van der Waals surface area contributed by atoms with Crippen LogP contribution in [0.4, 0.5) is 11.5 Å². The molecule has 0 bridgehead atoms. The molecule has 1 aliphatic rings. The van der Waals surface area contributed by atoms with E-state index in [1.807, 2.05) is 0 Å². The normalized spacial score (nSPS) is 28.7. The quantitative estimate of drug-likeness (QED) is 0.539. The smallest absolute Gasteiger partial charge is 0.388 e. The van der Waals surface area contributed by atoms with Gasteiger partial charge in [-0.2, -0.15) is 0 Å². The van der Waals surface area contributed by atoms with Crippen molar-refractivity contribution in [1.29, 1.82) is 0 Å².